The third kappa shape index (κ3) is 3.13. The monoisotopic (exact) mass is 320 g/mol. The van der Waals surface area contributed by atoms with Crippen LogP contribution in [0.15, 0.2) is 78.5 Å². The SMILES string of the molecule is C=CCN1[C@H](c2ccccc2)C/C(=N\O)[C@@H](C)[C@@H]1c1ccccc1. The lowest BCUT2D eigenvalue weighted by Crippen LogP contribution is -2.44. The van der Waals surface area contributed by atoms with E-state index in [2.05, 4.69) is 72.1 Å². The maximum Gasteiger partial charge on any atom is 0.0636 e. The lowest BCUT2D eigenvalue weighted by atomic mass is 9.79. The lowest BCUT2D eigenvalue weighted by Gasteiger charge is -2.46. The molecule has 1 N–H and O–H groups in total. The van der Waals surface area contributed by atoms with Gasteiger partial charge >= 0.3 is 0 Å². The molecule has 1 saturated heterocycles. The average Bonchev–Trinajstić information content (AvgIpc) is 2.64. The average molecular weight is 320 g/mol. The molecule has 0 radical (unpaired) electrons. The lowest BCUT2D eigenvalue weighted by molar-refractivity contribution is 0.109. The summed E-state index contributed by atoms with van der Waals surface area (Å²) in [4.78, 5) is 2.47. The van der Waals surface area contributed by atoms with Gasteiger partial charge < -0.3 is 5.21 Å². The fourth-order valence-electron chi connectivity index (χ4n) is 3.80. The van der Waals surface area contributed by atoms with Crippen molar-refractivity contribution in [3.8, 4) is 0 Å². The first-order chi connectivity index (χ1) is 11.8. The van der Waals surface area contributed by atoms with E-state index in [1.54, 1.807) is 0 Å². The van der Waals surface area contributed by atoms with Crippen LogP contribution in [0, 0.1) is 5.92 Å². The third-order valence-corrected chi connectivity index (χ3v) is 4.95. The molecule has 2 aromatic rings. The van der Waals surface area contributed by atoms with E-state index in [9.17, 15) is 5.21 Å². The summed E-state index contributed by atoms with van der Waals surface area (Å²) in [6.07, 6.45) is 2.69. The quantitative estimate of drug-likeness (QED) is 0.498. The van der Waals surface area contributed by atoms with Crippen LogP contribution in [0.4, 0.5) is 0 Å². The molecule has 3 atom stereocenters. The molecule has 1 heterocycles. The van der Waals surface area contributed by atoms with Gasteiger partial charge in [-0.15, -0.1) is 6.58 Å². The Labute approximate surface area is 143 Å². The number of rotatable bonds is 4. The maximum absolute atomic E-state index is 9.56. The van der Waals surface area contributed by atoms with E-state index in [1.807, 2.05) is 18.2 Å². The van der Waals surface area contributed by atoms with Gasteiger partial charge in [0.2, 0.25) is 0 Å². The maximum atomic E-state index is 9.56. The highest BCUT2D eigenvalue weighted by Gasteiger charge is 2.39. The fraction of sp³-hybridized carbons (Fsp3) is 0.286. The number of likely N-dealkylation sites (tertiary alicyclic amines) is 1. The van der Waals surface area contributed by atoms with Crippen molar-refractivity contribution in [2.45, 2.75) is 25.4 Å². The molecule has 0 aromatic heterocycles. The molecular weight excluding hydrogens is 296 g/mol. The molecule has 124 valence electrons. The number of hydrogen-bond donors (Lipinski definition) is 1. The number of nitrogens with zero attached hydrogens (tertiary/aromatic N) is 2. The smallest absolute Gasteiger partial charge is 0.0636 e. The van der Waals surface area contributed by atoms with Crippen molar-refractivity contribution in [1.82, 2.24) is 4.90 Å². The normalized spacial score (nSPS) is 26.4. The van der Waals surface area contributed by atoms with Crippen LogP contribution in [-0.4, -0.2) is 22.4 Å². The molecule has 0 amide bonds. The van der Waals surface area contributed by atoms with Crippen LogP contribution in [0.2, 0.25) is 0 Å². The molecule has 3 nitrogen and oxygen atoms in total. The van der Waals surface area contributed by atoms with Crippen LogP contribution in [0.25, 0.3) is 0 Å². The first kappa shape index (κ1) is 16.5. The molecule has 3 rings (SSSR count). The van der Waals surface area contributed by atoms with Gasteiger partial charge in [0.05, 0.1) is 5.71 Å². The predicted molar refractivity (Wildman–Crippen MR) is 98.3 cm³/mol. The zero-order chi connectivity index (χ0) is 16.9. The summed E-state index contributed by atoms with van der Waals surface area (Å²) in [5, 5.41) is 13.2. The molecule has 0 unspecified atom stereocenters. The summed E-state index contributed by atoms with van der Waals surface area (Å²) in [5.74, 6) is 0.150. The van der Waals surface area contributed by atoms with Crippen molar-refractivity contribution in [1.29, 1.82) is 0 Å². The van der Waals surface area contributed by atoms with E-state index in [0.717, 1.165) is 18.7 Å². The van der Waals surface area contributed by atoms with Crippen LogP contribution in [0.1, 0.15) is 36.6 Å². The van der Waals surface area contributed by atoms with Crippen molar-refractivity contribution in [3.63, 3.8) is 0 Å². The molecule has 0 aliphatic carbocycles. The molecule has 0 spiro atoms. The van der Waals surface area contributed by atoms with E-state index in [0.29, 0.717) is 0 Å². The minimum absolute atomic E-state index is 0.150. The second kappa shape index (κ2) is 7.45. The van der Waals surface area contributed by atoms with Gasteiger partial charge in [-0.2, -0.15) is 0 Å². The molecule has 0 saturated carbocycles. The van der Waals surface area contributed by atoms with Crippen LogP contribution in [0.5, 0.6) is 0 Å². The zero-order valence-corrected chi connectivity index (χ0v) is 14.0. The highest BCUT2D eigenvalue weighted by molar-refractivity contribution is 5.88. The largest absolute Gasteiger partial charge is 0.411 e. The first-order valence-electron chi connectivity index (χ1n) is 8.43. The fourth-order valence-corrected chi connectivity index (χ4v) is 3.80. The summed E-state index contributed by atoms with van der Waals surface area (Å²) in [5.41, 5.74) is 3.35. The Morgan fingerprint density at radius 3 is 2.21 bits per heavy atom. The Balaban J connectivity index is 2.07. The second-order valence-corrected chi connectivity index (χ2v) is 6.35. The summed E-state index contributed by atoms with van der Waals surface area (Å²) in [6.45, 7) is 6.89. The van der Waals surface area contributed by atoms with Crippen molar-refractivity contribution in [2.24, 2.45) is 11.1 Å². The Kier molecular flexibility index (Phi) is 5.11. The van der Waals surface area contributed by atoms with Gasteiger partial charge in [-0.1, -0.05) is 78.8 Å². The summed E-state index contributed by atoms with van der Waals surface area (Å²) in [6, 6.07) is 21.3. The van der Waals surface area contributed by atoms with E-state index < -0.39 is 0 Å². The first-order valence-corrected chi connectivity index (χ1v) is 8.43. The molecule has 1 aliphatic heterocycles. The number of benzene rings is 2. The second-order valence-electron chi connectivity index (χ2n) is 6.35. The standard InChI is InChI=1S/C21H24N2O/c1-3-14-23-20(17-10-6-4-7-11-17)15-19(22-24)16(2)21(23)18-12-8-5-9-13-18/h3-13,16,20-21,24H,1,14-15H2,2H3/b22-19+/t16-,20+,21-/m1/s1. The number of oxime groups is 1. The van der Waals surface area contributed by atoms with Crippen molar-refractivity contribution < 1.29 is 5.21 Å². The van der Waals surface area contributed by atoms with E-state index in [4.69, 9.17) is 0 Å². The molecule has 2 aromatic carbocycles. The highest BCUT2D eigenvalue weighted by Crippen LogP contribution is 2.43. The third-order valence-electron chi connectivity index (χ3n) is 4.95. The highest BCUT2D eigenvalue weighted by atomic mass is 16.4. The van der Waals surface area contributed by atoms with E-state index in [-0.39, 0.29) is 18.0 Å². The Morgan fingerprint density at radius 2 is 1.67 bits per heavy atom. The molecule has 1 aliphatic rings. The molecule has 24 heavy (non-hydrogen) atoms. The Hall–Kier alpha value is -2.39. The van der Waals surface area contributed by atoms with Crippen LogP contribution in [-0.2, 0) is 0 Å². The van der Waals surface area contributed by atoms with Gasteiger partial charge in [0.1, 0.15) is 0 Å². The van der Waals surface area contributed by atoms with Gasteiger partial charge in [-0.25, -0.2) is 0 Å². The Bertz CT molecular complexity index is 696. The molecule has 1 fully saturated rings. The zero-order valence-electron chi connectivity index (χ0n) is 14.0. The van der Waals surface area contributed by atoms with Gasteiger partial charge in [-0.05, 0) is 11.1 Å². The van der Waals surface area contributed by atoms with Crippen LogP contribution in [0.3, 0.4) is 0 Å². The molecule has 0 bridgehead atoms. The molecule has 3 heteroatoms. The van der Waals surface area contributed by atoms with Crippen LogP contribution < -0.4 is 0 Å². The van der Waals surface area contributed by atoms with E-state index >= 15 is 0 Å². The van der Waals surface area contributed by atoms with Gasteiger partial charge in [-0.3, -0.25) is 4.90 Å². The Morgan fingerprint density at radius 1 is 1.08 bits per heavy atom. The minimum Gasteiger partial charge on any atom is -0.411 e. The van der Waals surface area contributed by atoms with Crippen LogP contribution >= 0.6 is 0 Å². The van der Waals surface area contributed by atoms with E-state index in [1.165, 1.54) is 11.1 Å². The summed E-state index contributed by atoms with van der Waals surface area (Å²) < 4.78 is 0. The van der Waals surface area contributed by atoms with Gasteiger partial charge in [0.25, 0.3) is 0 Å². The predicted octanol–water partition coefficient (Wildman–Crippen LogP) is 4.83. The van der Waals surface area contributed by atoms with Gasteiger partial charge in [0, 0.05) is 31.0 Å². The van der Waals surface area contributed by atoms with Crippen molar-refractivity contribution in [2.75, 3.05) is 6.54 Å². The summed E-state index contributed by atoms with van der Waals surface area (Å²) in [7, 11) is 0. The topological polar surface area (TPSA) is 35.8 Å². The molecular formula is C21H24N2O. The van der Waals surface area contributed by atoms with Crippen molar-refractivity contribution >= 4 is 5.71 Å². The number of piperidine rings is 1. The van der Waals surface area contributed by atoms with Gasteiger partial charge in [0.15, 0.2) is 0 Å². The minimum atomic E-state index is 0.150. The number of hydrogen-bond acceptors (Lipinski definition) is 3. The van der Waals surface area contributed by atoms with Crippen molar-refractivity contribution in [3.05, 3.63) is 84.4 Å². The summed E-state index contributed by atoms with van der Waals surface area (Å²) >= 11 is 0.